The van der Waals surface area contributed by atoms with Crippen molar-refractivity contribution in [3.63, 3.8) is 0 Å². The van der Waals surface area contributed by atoms with Gasteiger partial charge in [-0.05, 0) is 41.8 Å². The van der Waals surface area contributed by atoms with Gasteiger partial charge in [-0.2, -0.15) is 0 Å². The zero-order valence-electron chi connectivity index (χ0n) is 18.7. The quantitative estimate of drug-likeness (QED) is 0.347. The Labute approximate surface area is 193 Å². The number of aromatic nitrogens is 3. The van der Waals surface area contributed by atoms with Gasteiger partial charge in [-0.15, -0.1) is 0 Å². The molecule has 0 aliphatic heterocycles. The van der Waals surface area contributed by atoms with E-state index >= 15 is 0 Å². The molecule has 32 heavy (non-hydrogen) atoms. The van der Waals surface area contributed by atoms with Crippen LogP contribution in [0.15, 0.2) is 60.0 Å². The fourth-order valence-electron chi connectivity index (χ4n) is 3.08. The Morgan fingerprint density at radius 1 is 1.09 bits per heavy atom. The number of pyridine rings is 1. The monoisotopic (exact) mass is 451 g/mol. The van der Waals surface area contributed by atoms with Gasteiger partial charge in [0.1, 0.15) is 5.82 Å². The van der Waals surface area contributed by atoms with Gasteiger partial charge < -0.3 is 15.0 Å². The van der Waals surface area contributed by atoms with Crippen LogP contribution in [0, 0.1) is 0 Å². The third-order valence-electron chi connectivity index (χ3n) is 4.77. The number of hydrogen-bond acceptors (Lipinski definition) is 7. The minimum Gasteiger partial charge on any atom is -0.378 e. The third kappa shape index (κ3) is 7.03. The molecule has 0 atom stereocenters. The number of amides is 1. The number of nitrogens with one attached hydrogen (secondary N) is 1. The Morgan fingerprint density at radius 3 is 2.53 bits per heavy atom. The van der Waals surface area contributed by atoms with Crippen LogP contribution in [0.1, 0.15) is 40.5 Å². The van der Waals surface area contributed by atoms with Gasteiger partial charge in [-0.1, -0.05) is 30.8 Å². The van der Waals surface area contributed by atoms with Crippen LogP contribution in [-0.4, -0.2) is 41.6 Å². The molecule has 7 nitrogen and oxygen atoms in total. The van der Waals surface area contributed by atoms with Gasteiger partial charge in [0, 0.05) is 57.0 Å². The molecule has 0 aliphatic rings. The van der Waals surface area contributed by atoms with Gasteiger partial charge >= 0.3 is 0 Å². The lowest BCUT2D eigenvalue weighted by atomic mass is 10.1. The fraction of sp³-hybridized carbons (Fsp3) is 0.333. The molecule has 0 spiro atoms. The molecule has 8 heteroatoms. The molecule has 1 amide bonds. The van der Waals surface area contributed by atoms with E-state index in [-0.39, 0.29) is 5.91 Å². The number of thioether (sulfide) groups is 1. The van der Waals surface area contributed by atoms with Crippen LogP contribution < -0.4 is 10.2 Å². The molecule has 0 saturated carbocycles. The standard InChI is InChI=1S/C24H29N5O2S/c1-4-13-29(2)22-14-21(16-31-3)27-24(28-22)32-17-19-5-7-20(8-6-19)23(30)26-15-18-9-11-25-12-10-18/h5-12,14H,4,13,15-17H2,1-3H3,(H,26,30). The zero-order valence-corrected chi connectivity index (χ0v) is 19.6. The highest BCUT2D eigenvalue weighted by molar-refractivity contribution is 7.98. The lowest BCUT2D eigenvalue weighted by molar-refractivity contribution is 0.0951. The topological polar surface area (TPSA) is 80.2 Å². The van der Waals surface area contributed by atoms with Crippen molar-refractivity contribution in [2.75, 3.05) is 25.6 Å². The molecule has 2 aromatic heterocycles. The average Bonchev–Trinajstić information content (AvgIpc) is 2.82. The van der Waals surface area contributed by atoms with Crippen molar-refractivity contribution < 1.29 is 9.53 Å². The fourth-order valence-corrected chi connectivity index (χ4v) is 3.90. The van der Waals surface area contributed by atoms with Gasteiger partial charge in [0.15, 0.2) is 5.16 Å². The Kier molecular flexibility index (Phi) is 9.01. The summed E-state index contributed by atoms with van der Waals surface area (Å²) in [5.74, 6) is 1.52. The summed E-state index contributed by atoms with van der Waals surface area (Å²) in [6.45, 7) is 4.00. The van der Waals surface area contributed by atoms with E-state index < -0.39 is 0 Å². The number of carbonyl (C=O) groups is 1. The van der Waals surface area contributed by atoms with Crippen LogP contribution in [0.4, 0.5) is 5.82 Å². The zero-order chi connectivity index (χ0) is 22.8. The Bertz CT molecular complexity index is 999. The average molecular weight is 452 g/mol. The summed E-state index contributed by atoms with van der Waals surface area (Å²) >= 11 is 1.57. The predicted molar refractivity (Wildman–Crippen MR) is 128 cm³/mol. The Balaban J connectivity index is 1.60. The molecule has 0 fully saturated rings. The van der Waals surface area contributed by atoms with E-state index in [1.54, 1.807) is 31.3 Å². The summed E-state index contributed by atoms with van der Waals surface area (Å²) in [6.07, 6.45) is 4.48. The van der Waals surface area contributed by atoms with E-state index in [9.17, 15) is 4.79 Å². The van der Waals surface area contributed by atoms with Crippen LogP contribution in [-0.2, 0) is 23.6 Å². The summed E-state index contributed by atoms with van der Waals surface area (Å²) < 4.78 is 5.27. The minimum atomic E-state index is -0.0970. The number of ether oxygens (including phenoxy) is 1. The van der Waals surface area contributed by atoms with Crippen LogP contribution in [0.3, 0.4) is 0 Å². The van der Waals surface area contributed by atoms with Crippen LogP contribution in [0.2, 0.25) is 0 Å². The molecule has 1 aromatic carbocycles. The molecule has 0 saturated heterocycles. The van der Waals surface area contributed by atoms with E-state index in [2.05, 4.69) is 27.1 Å². The second kappa shape index (κ2) is 12.2. The van der Waals surface area contributed by atoms with Crippen molar-refractivity contribution in [3.8, 4) is 0 Å². The van der Waals surface area contributed by atoms with Crippen molar-refractivity contribution in [1.82, 2.24) is 20.3 Å². The second-order valence-corrected chi connectivity index (χ2v) is 8.32. The molecular weight excluding hydrogens is 422 g/mol. The molecular formula is C24H29N5O2S. The first-order valence-corrected chi connectivity index (χ1v) is 11.5. The molecule has 2 heterocycles. The molecule has 3 rings (SSSR count). The predicted octanol–water partition coefficient (Wildman–Crippen LogP) is 4.09. The SMILES string of the molecule is CCCN(C)c1cc(COC)nc(SCc2ccc(C(=O)NCc3ccncc3)cc2)n1. The first-order chi connectivity index (χ1) is 15.6. The number of nitrogens with zero attached hydrogens (tertiary/aromatic N) is 4. The molecule has 0 aliphatic carbocycles. The summed E-state index contributed by atoms with van der Waals surface area (Å²) in [4.78, 5) is 27.8. The molecule has 3 aromatic rings. The maximum atomic E-state index is 12.4. The normalized spacial score (nSPS) is 10.7. The van der Waals surface area contributed by atoms with Gasteiger partial charge in [0.05, 0.1) is 12.3 Å². The first kappa shape index (κ1) is 23.7. The highest BCUT2D eigenvalue weighted by Crippen LogP contribution is 2.23. The summed E-state index contributed by atoms with van der Waals surface area (Å²) in [7, 11) is 3.70. The van der Waals surface area contributed by atoms with E-state index in [1.807, 2.05) is 49.5 Å². The number of carbonyl (C=O) groups excluding carboxylic acids is 1. The maximum absolute atomic E-state index is 12.4. The number of benzene rings is 1. The largest absolute Gasteiger partial charge is 0.378 e. The lowest BCUT2D eigenvalue weighted by Gasteiger charge is -2.18. The molecule has 1 N–H and O–H groups in total. The van der Waals surface area contributed by atoms with E-state index in [0.717, 1.165) is 40.8 Å². The summed E-state index contributed by atoms with van der Waals surface area (Å²) in [6, 6.07) is 13.4. The number of rotatable bonds is 11. The smallest absolute Gasteiger partial charge is 0.251 e. The van der Waals surface area contributed by atoms with Gasteiger partial charge in [-0.3, -0.25) is 9.78 Å². The second-order valence-electron chi connectivity index (χ2n) is 7.38. The first-order valence-electron chi connectivity index (χ1n) is 10.6. The van der Waals surface area contributed by atoms with Crippen LogP contribution >= 0.6 is 11.8 Å². The summed E-state index contributed by atoms with van der Waals surface area (Å²) in [5.41, 5.74) is 3.62. The highest BCUT2D eigenvalue weighted by atomic mass is 32.2. The molecule has 0 bridgehead atoms. The van der Waals surface area contributed by atoms with Gasteiger partial charge in [-0.25, -0.2) is 9.97 Å². The van der Waals surface area contributed by atoms with Crippen LogP contribution in [0.5, 0.6) is 0 Å². The van der Waals surface area contributed by atoms with Crippen molar-refractivity contribution in [3.05, 3.63) is 77.2 Å². The molecule has 0 radical (unpaired) electrons. The van der Waals surface area contributed by atoms with Gasteiger partial charge in [0.2, 0.25) is 0 Å². The third-order valence-corrected chi connectivity index (χ3v) is 5.69. The number of hydrogen-bond donors (Lipinski definition) is 1. The highest BCUT2D eigenvalue weighted by Gasteiger charge is 2.10. The number of anilines is 1. The molecule has 168 valence electrons. The van der Waals surface area contributed by atoms with Crippen molar-refractivity contribution in [2.45, 2.75) is 37.4 Å². The van der Waals surface area contributed by atoms with E-state index in [0.29, 0.717) is 24.5 Å². The van der Waals surface area contributed by atoms with Crippen molar-refractivity contribution in [2.24, 2.45) is 0 Å². The lowest BCUT2D eigenvalue weighted by Crippen LogP contribution is -2.22. The number of methoxy groups -OCH3 is 1. The summed E-state index contributed by atoms with van der Waals surface area (Å²) in [5, 5.41) is 3.65. The maximum Gasteiger partial charge on any atom is 0.251 e. The van der Waals surface area contributed by atoms with E-state index in [4.69, 9.17) is 9.72 Å². The Morgan fingerprint density at radius 2 is 1.84 bits per heavy atom. The molecule has 0 unspecified atom stereocenters. The van der Waals surface area contributed by atoms with Crippen molar-refractivity contribution >= 4 is 23.5 Å². The Hall–Kier alpha value is -2.97. The minimum absolute atomic E-state index is 0.0970. The van der Waals surface area contributed by atoms with E-state index in [1.165, 1.54) is 0 Å². The van der Waals surface area contributed by atoms with Crippen molar-refractivity contribution in [1.29, 1.82) is 0 Å². The van der Waals surface area contributed by atoms with Gasteiger partial charge in [0.25, 0.3) is 5.91 Å². The van der Waals surface area contributed by atoms with Crippen LogP contribution in [0.25, 0.3) is 0 Å².